The minimum Gasteiger partial charge on any atom is -0.497 e. The minimum atomic E-state index is 0.132. The number of aliphatic hydroxyl groups excluding tert-OH is 1. The third kappa shape index (κ3) is 1.61. The van der Waals surface area contributed by atoms with Gasteiger partial charge < -0.3 is 15.2 Å². The Balaban J connectivity index is 1.69. The van der Waals surface area contributed by atoms with E-state index in [2.05, 4.69) is 35.3 Å². The molecule has 128 valence electrons. The van der Waals surface area contributed by atoms with Crippen LogP contribution in [0.2, 0.25) is 0 Å². The van der Waals surface area contributed by atoms with Gasteiger partial charge in [-0.2, -0.15) is 0 Å². The van der Waals surface area contributed by atoms with Crippen LogP contribution in [0.1, 0.15) is 25.3 Å². The SMILES string of the molecule is CC=C1CN2CC[C@]34c5cc(OC)ccc5N[C@H]3[C@H](CO)[C@H]1C[C@H]24. The number of hydrogen-bond acceptors (Lipinski definition) is 4. The molecule has 2 N–H and O–H groups in total. The number of benzene rings is 1. The molecular formula is C20H26N2O2. The Bertz CT molecular complexity index is 716. The van der Waals surface area contributed by atoms with Gasteiger partial charge in [-0.05, 0) is 56.0 Å². The maximum absolute atomic E-state index is 10.3. The highest BCUT2D eigenvalue weighted by Gasteiger charge is 2.65. The van der Waals surface area contributed by atoms with Crippen molar-refractivity contribution in [2.75, 3.05) is 32.1 Å². The van der Waals surface area contributed by atoms with Gasteiger partial charge in [-0.3, -0.25) is 4.90 Å². The van der Waals surface area contributed by atoms with Gasteiger partial charge in [0.25, 0.3) is 0 Å². The number of allylic oxidation sites excluding steroid dienone is 1. The molecule has 1 saturated carbocycles. The van der Waals surface area contributed by atoms with Gasteiger partial charge in [-0.25, -0.2) is 0 Å². The van der Waals surface area contributed by atoms with Crippen molar-refractivity contribution in [3.8, 4) is 5.75 Å². The van der Waals surface area contributed by atoms with E-state index in [1.54, 1.807) is 7.11 Å². The summed E-state index contributed by atoms with van der Waals surface area (Å²) >= 11 is 0. The largest absolute Gasteiger partial charge is 0.497 e. The summed E-state index contributed by atoms with van der Waals surface area (Å²) in [5, 5.41) is 14.1. The van der Waals surface area contributed by atoms with Crippen LogP contribution < -0.4 is 10.1 Å². The van der Waals surface area contributed by atoms with Crippen LogP contribution in [-0.4, -0.2) is 48.9 Å². The van der Waals surface area contributed by atoms with Gasteiger partial charge in [0.1, 0.15) is 5.75 Å². The van der Waals surface area contributed by atoms with Crippen molar-refractivity contribution < 1.29 is 9.84 Å². The van der Waals surface area contributed by atoms with Crippen molar-refractivity contribution in [1.82, 2.24) is 4.90 Å². The molecule has 1 spiro atoms. The van der Waals surface area contributed by atoms with Crippen LogP contribution in [0.3, 0.4) is 0 Å². The predicted octanol–water partition coefficient (Wildman–Crippen LogP) is 2.39. The first kappa shape index (κ1) is 14.8. The number of hydrogen-bond donors (Lipinski definition) is 2. The Kier molecular flexibility index (Phi) is 3.08. The Morgan fingerprint density at radius 1 is 1.46 bits per heavy atom. The van der Waals surface area contributed by atoms with Crippen molar-refractivity contribution in [3.05, 3.63) is 35.4 Å². The standard InChI is InChI=1S/C20H26N2O2/c1-3-12-10-22-7-6-20-16-8-13(24-2)4-5-17(16)21-19(20)15(11-23)14(12)9-18(20)22/h3-5,8,14-15,18-19,21,23H,6-7,9-11H2,1-2H3/t14-,15+,18-,19-,20+/m0/s1. The molecule has 5 rings (SSSR count). The Morgan fingerprint density at radius 2 is 2.33 bits per heavy atom. The Labute approximate surface area is 143 Å². The Morgan fingerprint density at radius 3 is 3.08 bits per heavy atom. The molecule has 1 aromatic rings. The highest BCUT2D eigenvalue weighted by Crippen LogP contribution is 2.61. The molecule has 0 amide bonds. The lowest BCUT2D eigenvalue weighted by atomic mass is 9.56. The zero-order valence-electron chi connectivity index (χ0n) is 14.5. The van der Waals surface area contributed by atoms with Crippen LogP contribution in [0.4, 0.5) is 5.69 Å². The highest BCUT2D eigenvalue weighted by molar-refractivity contribution is 5.66. The highest BCUT2D eigenvalue weighted by atomic mass is 16.5. The topological polar surface area (TPSA) is 44.7 Å². The third-order valence-corrected chi connectivity index (χ3v) is 7.31. The normalized spacial score (nSPS) is 41.0. The lowest BCUT2D eigenvalue weighted by molar-refractivity contribution is 0.0298. The van der Waals surface area contributed by atoms with Gasteiger partial charge in [0, 0.05) is 42.3 Å². The maximum atomic E-state index is 10.3. The number of nitrogens with zero attached hydrogens (tertiary/aromatic N) is 1. The number of ether oxygens (including phenoxy) is 1. The van der Waals surface area contributed by atoms with Crippen molar-refractivity contribution in [2.24, 2.45) is 11.8 Å². The number of nitrogens with one attached hydrogen (secondary N) is 1. The second-order valence-corrected chi connectivity index (χ2v) is 7.86. The van der Waals surface area contributed by atoms with Crippen LogP contribution in [0.15, 0.2) is 29.8 Å². The van der Waals surface area contributed by atoms with E-state index in [1.807, 2.05) is 6.07 Å². The lowest BCUT2D eigenvalue weighted by Gasteiger charge is -2.54. The smallest absolute Gasteiger partial charge is 0.119 e. The molecule has 4 heteroatoms. The summed E-state index contributed by atoms with van der Waals surface area (Å²) in [5.41, 5.74) is 4.32. The first-order valence-electron chi connectivity index (χ1n) is 9.18. The first-order valence-corrected chi connectivity index (χ1v) is 9.18. The number of aliphatic hydroxyl groups is 1. The lowest BCUT2D eigenvalue weighted by Crippen LogP contribution is -2.62. The molecule has 2 saturated heterocycles. The van der Waals surface area contributed by atoms with Gasteiger partial charge in [-0.1, -0.05) is 11.6 Å². The number of piperidine rings is 1. The van der Waals surface area contributed by atoms with E-state index in [-0.39, 0.29) is 12.0 Å². The van der Waals surface area contributed by atoms with E-state index in [0.29, 0.717) is 23.9 Å². The minimum absolute atomic E-state index is 0.132. The number of rotatable bonds is 2. The van der Waals surface area contributed by atoms with Gasteiger partial charge in [0.15, 0.2) is 0 Å². The molecular weight excluding hydrogens is 300 g/mol. The second-order valence-electron chi connectivity index (χ2n) is 7.86. The summed E-state index contributed by atoms with van der Waals surface area (Å²) in [4.78, 5) is 2.68. The quantitative estimate of drug-likeness (QED) is 0.819. The van der Waals surface area contributed by atoms with E-state index in [0.717, 1.165) is 18.8 Å². The summed E-state index contributed by atoms with van der Waals surface area (Å²) in [6.45, 7) is 4.65. The van der Waals surface area contributed by atoms with Gasteiger partial charge in [0.05, 0.1) is 7.11 Å². The molecule has 1 aliphatic carbocycles. The molecule has 5 atom stereocenters. The van der Waals surface area contributed by atoms with Crippen molar-refractivity contribution >= 4 is 5.69 Å². The third-order valence-electron chi connectivity index (χ3n) is 7.31. The first-order chi connectivity index (χ1) is 11.7. The van der Waals surface area contributed by atoms with E-state index in [1.165, 1.54) is 29.7 Å². The molecule has 3 fully saturated rings. The summed E-state index contributed by atoms with van der Waals surface area (Å²) in [5.74, 6) is 1.75. The fraction of sp³-hybridized carbons (Fsp3) is 0.600. The molecule has 24 heavy (non-hydrogen) atoms. The van der Waals surface area contributed by atoms with Crippen LogP contribution in [-0.2, 0) is 5.41 Å². The summed E-state index contributed by atoms with van der Waals surface area (Å²) in [7, 11) is 1.74. The number of methoxy groups -OCH3 is 1. The maximum Gasteiger partial charge on any atom is 0.119 e. The van der Waals surface area contributed by atoms with E-state index >= 15 is 0 Å². The van der Waals surface area contributed by atoms with E-state index < -0.39 is 0 Å². The van der Waals surface area contributed by atoms with Gasteiger partial charge in [0.2, 0.25) is 0 Å². The second kappa shape index (κ2) is 4.99. The molecule has 3 aliphatic heterocycles. The molecule has 4 aliphatic rings. The monoisotopic (exact) mass is 326 g/mol. The van der Waals surface area contributed by atoms with E-state index in [9.17, 15) is 5.11 Å². The van der Waals surface area contributed by atoms with Gasteiger partial charge in [-0.15, -0.1) is 0 Å². The van der Waals surface area contributed by atoms with Crippen molar-refractivity contribution in [2.45, 2.75) is 37.3 Å². The average Bonchev–Trinajstić information content (AvgIpc) is 3.17. The van der Waals surface area contributed by atoms with Crippen LogP contribution >= 0.6 is 0 Å². The average molecular weight is 326 g/mol. The van der Waals surface area contributed by atoms with Crippen LogP contribution in [0, 0.1) is 11.8 Å². The number of anilines is 1. The summed E-state index contributed by atoms with van der Waals surface area (Å²) in [6, 6.07) is 7.36. The van der Waals surface area contributed by atoms with Crippen LogP contribution in [0.25, 0.3) is 0 Å². The molecule has 3 heterocycles. The van der Waals surface area contributed by atoms with Crippen LogP contribution in [0.5, 0.6) is 5.75 Å². The zero-order valence-corrected chi connectivity index (χ0v) is 14.5. The fourth-order valence-electron chi connectivity index (χ4n) is 6.28. The summed E-state index contributed by atoms with van der Waals surface area (Å²) in [6.07, 6.45) is 4.65. The van der Waals surface area contributed by atoms with Gasteiger partial charge >= 0.3 is 0 Å². The molecule has 0 radical (unpaired) electrons. The molecule has 2 bridgehead atoms. The molecule has 0 aromatic heterocycles. The van der Waals surface area contributed by atoms with Crippen molar-refractivity contribution in [1.29, 1.82) is 0 Å². The molecule has 1 aromatic carbocycles. The molecule has 0 unspecified atom stereocenters. The number of fused-ring (bicyclic) bond motifs is 2. The van der Waals surface area contributed by atoms with Crippen molar-refractivity contribution in [3.63, 3.8) is 0 Å². The Hall–Kier alpha value is -1.52. The molecule has 4 nitrogen and oxygen atoms in total. The summed E-state index contributed by atoms with van der Waals surface area (Å²) < 4.78 is 5.51. The van der Waals surface area contributed by atoms with E-state index in [4.69, 9.17) is 4.74 Å². The zero-order chi connectivity index (χ0) is 16.5. The predicted molar refractivity (Wildman–Crippen MR) is 94.5 cm³/mol. The fourth-order valence-corrected chi connectivity index (χ4v) is 6.28.